The first-order valence-electron chi connectivity index (χ1n) is 6.64. The van der Waals surface area contributed by atoms with Gasteiger partial charge in [0.05, 0.1) is 13.2 Å². The van der Waals surface area contributed by atoms with Gasteiger partial charge in [0.25, 0.3) is 0 Å². The standard InChI is InChI=1S/C15H25NO2/c1-5-8-11(2)18-15(12(3)16)13-9-6-7-10-14(13)17-4/h6-7,9-12,15H,5,8,16H2,1-4H3. The summed E-state index contributed by atoms with van der Waals surface area (Å²) in [5, 5.41) is 0. The fourth-order valence-corrected chi connectivity index (χ4v) is 2.11. The van der Waals surface area contributed by atoms with Gasteiger partial charge >= 0.3 is 0 Å². The third-order valence-corrected chi connectivity index (χ3v) is 3.00. The number of nitrogens with two attached hydrogens (primary N) is 1. The number of hydrogen-bond donors (Lipinski definition) is 1. The molecule has 3 nitrogen and oxygen atoms in total. The van der Waals surface area contributed by atoms with Crippen LogP contribution in [0.15, 0.2) is 24.3 Å². The van der Waals surface area contributed by atoms with Crippen LogP contribution in [0, 0.1) is 0 Å². The topological polar surface area (TPSA) is 44.5 Å². The fraction of sp³-hybridized carbons (Fsp3) is 0.600. The maximum atomic E-state index is 6.08. The molecule has 1 aromatic carbocycles. The van der Waals surface area contributed by atoms with Crippen LogP contribution in [0.3, 0.4) is 0 Å². The van der Waals surface area contributed by atoms with Gasteiger partial charge in [-0.25, -0.2) is 0 Å². The summed E-state index contributed by atoms with van der Waals surface area (Å²) in [6, 6.07) is 7.84. The third kappa shape index (κ3) is 4.00. The zero-order valence-electron chi connectivity index (χ0n) is 11.8. The Morgan fingerprint density at radius 3 is 2.44 bits per heavy atom. The second-order valence-corrected chi connectivity index (χ2v) is 4.76. The van der Waals surface area contributed by atoms with E-state index in [2.05, 4.69) is 13.8 Å². The van der Waals surface area contributed by atoms with Crippen LogP contribution in [0.25, 0.3) is 0 Å². The number of rotatable bonds is 7. The molecule has 0 amide bonds. The van der Waals surface area contributed by atoms with Crippen LogP contribution in [-0.2, 0) is 4.74 Å². The summed E-state index contributed by atoms with van der Waals surface area (Å²) in [4.78, 5) is 0. The predicted octanol–water partition coefficient (Wildman–Crippen LogP) is 3.29. The molecule has 3 heteroatoms. The average molecular weight is 251 g/mol. The molecule has 102 valence electrons. The molecular weight excluding hydrogens is 226 g/mol. The Bertz CT molecular complexity index is 352. The van der Waals surface area contributed by atoms with E-state index in [9.17, 15) is 0 Å². The minimum absolute atomic E-state index is 0.0689. The van der Waals surface area contributed by atoms with E-state index in [0.717, 1.165) is 24.2 Å². The normalized spacial score (nSPS) is 16.1. The molecule has 0 aliphatic rings. The molecular formula is C15H25NO2. The molecule has 3 unspecified atom stereocenters. The fourth-order valence-electron chi connectivity index (χ4n) is 2.11. The Hall–Kier alpha value is -1.06. The summed E-state index contributed by atoms with van der Waals surface area (Å²) in [7, 11) is 1.67. The van der Waals surface area contributed by atoms with E-state index in [4.69, 9.17) is 15.2 Å². The number of ether oxygens (including phenoxy) is 2. The maximum Gasteiger partial charge on any atom is 0.124 e. The lowest BCUT2D eigenvalue weighted by Gasteiger charge is -2.27. The molecule has 0 heterocycles. The summed E-state index contributed by atoms with van der Waals surface area (Å²) < 4.78 is 11.5. The van der Waals surface area contributed by atoms with Gasteiger partial charge in [0, 0.05) is 11.6 Å². The van der Waals surface area contributed by atoms with Gasteiger partial charge in [-0.2, -0.15) is 0 Å². The molecule has 0 spiro atoms. The highest BCUT2D eigenvalue weighted by molar-refractivity contribution is 5.35. The van der Waals surface area contributed by atoms with Gasteiger partial charge < -0.3 is 15.2 Å². The summed E-state index contributed by atoms with van der Waals surface area (Å²) in [6.07, 6.45) is 2.23. The molecule has 1 rings (SSSR count). The third-order valence-electron chi connectivity index (χ3n) is 3.00. The van der Waals surface area contributed by atoms with E-state index in [1.165, 1.54) is 0 Å². The molecule has 0 radical (unpaired) electrons. The zero-order valence-corrected chi connectivity index (χ0v) is 11.8. The van der Waals surface area contributed by atoms with Crippen molar-refractivity contribution in [3.05, 3.63) is 29.8 Å². The molecule has 0 bridgehead atoms. The molecule has 0 aliphatic carbocycles. The van der Waals surface area contributed by atoms with Crippen molar-refractivity contribution >= 4 is 0 Å². The van der Waals surface area contributed by atoms with Crippen molar-refractivity contribution in [1.82, 2.24) is 0 Å². The molecule has 0 saturated heterocycles. The first kappa shape index (κ1) is 15.0. The molecule has 3 atom stereocenters. The van der Waals surface area contributed by atoms with Gasteiger partial charge in [-0.15, -0.1) is 0 Å². The minimum Gasteiger partial charge on any atom is -0.496 e. The average Bonchev–Trinajstić information content (AvgIpc) is 2.36. The largest absolute Gasteiger partial charge is 0.496 e. The number of para-hydroxylation sites is 1. The van der Waals surface area contributed by atoms with Crippen molar-refractivity contribution in [3.8, 4) is 5.75 Å². The van der Waals surface area contributed by atoms with Crippen LogP contribution >= 0.6 is 0 Å². The Labute approximate surface area is 110 Å². The number of methoxy groups -OCH3 is 1. The quantitative estimate of drug-likeness (QED) is 0.808. The highest BCUT2D eigenvalue weighted by Gasteiger charge is 2.22. The van der Waals surface area contributed by atoms with Crippen LogP contribution in [0.5, 0.6) is 5.75 Å². The summed E-state index contributed by atoms with van der Waals surface area (Å²) >= 11 is 0. The van der Waals surface area contributed by atoms with Crippen molar-refractivity contribution in [2.45, 2.75) is 51.9 Å². The zero-order chi connectivity index (χ0) is 13.5. The van der Waals surface area contributed by atoms with Crippen LogP contribution in [-0.4, -0.2) is 19.3 Å². The van der Waals surface area contributed by atoms with E-state index in [0.29, 0.717) is 0 Å². The predicted molar refractivity (Wildman–Crippen MR) is 74.8 cm³/mol. The minimum atomic E-state index is -0.123. The van der Waals surface area contributed by atoms with Crippen molar-refractivity contribution in [1.29, 1.82) is 0 Å². The molecule has 0 aromatic heterocycles. The molecule has 0 fully saturated rings. The highest BCUT2D eigenvalue weighted by Crippen LogP contribution is 2.30. The van der Waals surface area contributed by atoms with Gasteiger partial charge in [-0.1, -0.05) is 31.5 Å². The van der Waals surface area contributed by atoms with E-state index in [1.807, 2.05) is 31.2 Å². The second kappa shape index (κ2) is 7.39. The summed E-state index contributed by atoms with van der Waals surface area (Å²) in [5.74, 6) is 0.837. The summed E-state index contributed by atoms with van der Waals surface area (Å²) in [6.45, 7) is 6.22. The number of hydrogen-bond acceptors (Lipinski definition) is 3. The Kier molecular flexibility index (Phi) is 6.16. The second-order valence-electron chi connectivity index (χ2n) is 4.76. The monoisotopic (exact) mass is 251 g/mol. The molecule has 2 N–H and O–H groups in total. The Morgan fingerprint density at radius 2 is 1.89 bits per heavy atom. The van der Waals surface area contributed by atoms with Crippen molar-refractivity contribution < 1.29 is 9.47 Å². The molecule has 0 aliphatic heterocycles. The van der Waals surface area contributed by atoms with Gasteiger partial charge in [-0.05, 0) is 26.3 Å². The van der Waals surface area contributed by atoms with Crippen molar-refractivity contribution in [2.24, 2.45) is 5.73 Å². The van der Waals surface area contributed by atoms with Gasteiger partial charge in [-0.3, -0.25) is 0 Å². The van der Waals surface area contributed by atoms with Crippen molar-refractivity contribution in [3.63, 3.8) is 0 Å². The summed E-state index contributed by atoms with van der Waals surface area (Å²) in [5.41, 5.74) is 7.08. The van der Waals surface area contributed by atoms with E-state index in [-0.39, 0.29) is 18.2 Å². The van der Waals surface area contributed by atoms with Gasteiger partial charge in [0.2, 0.25) is 0 Å². The first-order chi connectivity index (χ1) is 8.60. The molecule has 18 heavy (non-hydrogen) atoms. The first-order valence-corrected chi connectivity index (χ1v) is 6.64. The van der Waals surface area contributed by atoms with Gasteiger partial charge in [0.1, 0.15) is 11.9 Å². The molecule has 0 saturated carbocycles. The lowest BCUT2D eigenvalue weighted by Crippen LogP contribution is -2.30. The Morgan fingerprint density at radius 1 is 1.22 bits per heavy atom. The van der Waals surface area contributed by atoms with E-state index < -0.39 is 0 Å². The maximum absolute atomic E-state index is 6.08. The molecule has 1 aromatic rings. The smallest absolute Gasteiger partial charge is 0.124 e. The highest BCUT2D eigenvalue weighted by atomic mass is 16.5. The van der Waals surface area contributed by atoms with E-state index >= 15 is 0 Å². The van der Waals surface area contributed by atoms with Gasteiger partial charge in [0.15, 0.2) is 0 Å². The van der Waals surface area contributed by atoms with Crippen LogP contribution in [0.1, 0.15) is 45.3 Å². The Balaban J connectivity index is 2.90. The van der Waals surface area contributed by atoms with Crippen molar-refractivity contribution in [2.75, 3.05) is 7.11 Å². The SMILES string of the molecule is CCCC(C)OC(c1ccccc1OC)C(C)N. The van der Waals surface area contributed by atoms with E-state index in [1.54, 1.807) is 7.11 Å². The van der Waals surface area contributed by atoms with Crippen LogP contribution < -0.4 is 10.5 Å². The van der Waals surface area contributed by atoms with Crippen LogP contribution in [0.2, 0.25) is 0 Å². The number of benzene rings is 1. The lowest BCUT2D eigenvalue weighted by atomic mass is 10.0. The lowest BCUT2D eigenvalue weighted by molar-refractivity contribution is -0.0197. The van der Waals surface area contributed by atoms with Crippen LogP contribution in [0.4, 0.5) is 0 Å².